The molecule has 0 radical (unpaired) electrons. The number of H-pyrrole nitrogens is 1. The zero-order valence-corrected chi connectivity index (χ0v) is 9.82. The van der Waals surface area contributed by atoms with Crippen LogP contribution in [0.4, 0.5) is 0 Å². The smallest absolute Gasteiger partial charge is 0.0580 e. The standard InChI is InChI=1S/C12H21N3O/c1-9(11-6-7-14-15-11)13-8-10-4-2-3-5-12(10)16/h6-7,9-10,12-13,16H,2-5,8H2,1H3,(H,14,15). The number of aliphatic hydroxyl groups is 1. The first-order valence-corrected chi connectivity index (χ1v) is 6.18. The Morgan fingerprint density at radius 1 is 1.56 bits per heavy atom. The van der Waals surface area contributed by atoms with Gasteiger partial charge in [-0.15, -0.1) is 0 Å². The molecule has 1 saturated carbocycles. The van der Waals surface area contributed by atoms with Crippen molar-refractivity contribution in [1.29, 1.82) is 0 Å². The average Bonchev–Trinajstić information content (AvgIpc) is 2.81. The monoisotopic (exact) mass is 223 g/mol. The summed E-state index contributed by atoms with van der Waals surface area (Å²) in [6.07, 6.45) is 6.18. The molecule has 3 unspecified atom stereocenters. The Morgan fingerprint density at radius 2 is 2.38 bits per heavy atom. The van der Waals surface area contributed by atoms with Gasteiger partial charge in [0.1, 0.15) is 0 Å². The molecule has 1 aromatic heterocycles. The second-order valence-corrected chi connectivity index (χ2v) is 4.75. The molecule has 0 amide bonds. The van der Waals surface area contributed by atoms with Gasteiger partial charge in [0, 0.05) is 18.8 Å². The Bertz CT molecular complexity index is 299. The van der Waals surface area contributed by atoms with Gasteiger partial charge < -0.3 is 10.4 Å². The molecule has 0 bridgehead atoms. The molecule has 1 aromatic rings. The summed E-state index contributed by atoms with van der Waals surface area (Å²) in [6.45, 7) is 3.00. The molecule has 4 heteroatoms. The van der Waals surface area contributed by atoms with E-state index in [9.17, 15) is 5.11 Å². The highest BCUT2D eigenvalue weighted by molar-refractivity contribution is 5.02. The van der Waals surface area contributed by atoms with E-state index in [1.807, 2.05) is 6.07 Å². The summed E-state index contributed by atoms with van der Waals surface area (Å²) in [5.41, 5.74) is 1.10. The first-order chi connectivity index (χ1) is 7.77. The molecule has 1 fully saturated rings. The van der Waals surface area contributed by atoms with Crippen LogP contribution in [0, 0.1) is 5.92 Å². The Hall–Kier alpha value is -0.870. The van der Waals surface area contributed by atoms with Crippen molar-refractivity contribution < 1.29 is 5.11 Å². The summed E-state index contributed by atoms with van der Waals surface area (Å²) in [5, 5.41) is 20.2. The first kappa shape index (κ1) is 11.6. The Kier molecular flexibility index (Phi) is 3.96. The van der Waals surface area contributed by atoms with Crippen molar-refractivity contribution in [2.45, 2.75) is 44.8 Å². The van der Waals surface area contributed by atoms with Crippen molar-refractivity contribution in [3.63, 3.8) is 0 Å². The van der Waals surface area contributed by atoms with Gasteiger partial charge >= 0.3 is 0 Å². The molecule has 0 aromatic carbocycles. The average molecular weight is 223 g/mol. The lowest BCUT2D eigenvalue weighted by molar-refractivity contribution is 0.0683. The molecule has 1 aliphatic carbocycles. The lowest BCUT2D eigenvalue weighted by Crippen LogP contribution is -2.35. The van der Waals surface area contributed by atoms with Gasteiger partial charge in [-0.25, -0.2) is 0 Å². The number of nitrogens with one attached hydrogen (secondary N) is 2. The number of aromatic nitrogens is 2. The van der Waals surface area contributed by atoms with Crippen molar-refractivity contribution in [1.82, 2.24) is 15.5 Å². The molecule has 90 valence electrons. The van der Waals surface area contributed by atoms with Gasteiger partial charge in [0.25, 0.3) is 0 Å². The number of hydrogen-bond donors (Lipinski definition) is 3. The molecule has 0 aliphatic heterocycles. The molecular formula is C12H21N3O. The molecule has 0 saturated heterocycles. The Balaban J connectivity index is 1.78. The van der Waals surface area contributed by atoms with Crippen LogP contribution in [-0.4, -0.2) is 28.0 Å². The number of hydrogen-bond acceptors (Lipinski definition) is 3. The van der Waals surface area contributed by atoms with E-state index in [-0.39, 0.29) is 12.1 Å². The minimum absolute atomic E-state index is 0.116. The summed E-state index contributed by atoms with van der Waals surface area (Å²) in [4.78, 5) is 0. The number of aromatic amines is 1. The highest BCUT2D eigenvalue weighted by Crippen LogP contribution is 2.24. The van der Waals surface area contributed by atoms with Crippen LogP contribution >= 0.6 is 0 Å². The van der Waals surface area contributed by atoms with Crippen molar-refractivity contribution in [3.05, 3.63) is 18.0 Å². The predicted molar refractivity (Wildman–Crippen MR) is 63.0 cm³/mol. The molecule has 3 atom stereocenters. The van der Waals surface area contributed by atoms with Gasteiger partial charge in [-0.3, -0.25) is 5.10 Å². The third-order valence-electron chi connectivity index (χ3n) is 3.54. The zero-order valence-electron chi connectivity index (χ0n) is 9.82. The molecule has 4 nitrogen and oxygen atoms in total. The van der Waals surface area contributed by atoms with E-state index in [2.05, 4.69) is 22.4 Å². The lowest BCUT2D eigenvalue weighted by Gasteiger charge is -2.28. The molecular weight excluding hydrogens is 202 g/mol. The van der Waals surface area contributed by atoms with Crippen LogP contribution in [0.5, 0.6) is 0 Å². The summed E-state index contributed by atoms with van der Waals surface area (Å²) < 4.78 is 0. The van der Waals surface area contributed by atoms with Crippen molar-refractivity contribution in [3.8, 4) is 0 Å². The van der Waals surface area contributed by atoms with Gasteiger partial charge in [0.05, 0.1) is 11.8 Å². The van der Waals surface area contributed by atoms with E-state index in [4.69, 9.17) is 0 Å². The molecule has 1 aliphatic rings. The summed E-state index contributed by atoms with van der Waals surface area (Å²) in [7, 11) is 0. The molecule has 2 rings (SSSR count). The van der Waals surface area contributed by atoms with Crippen molar-refractivity contribution in [2.75, 3.05) is 6.54 Å². The lowest BCUT2D eigenvalue weighted by atomic mass is 9.86. The minimum atomic E-state index is -0.116. The summed E-state index contributed by atoms with van der Waals surface area (Å²) >= 11 is 0. The van der Waals surface area contributed by atoms with Gasteiger partial charge in [0.2, 0.25) is 0 Å². The first-order valence-electron chi connectivity index (χ1n) is 6.18. The zero-order chi connectivity index (χ0) is 11.4. The van der Waals surface area contributed by atoms with E-state index in [0.29, 0.717) is 5.92 Å². The third kappa shape index (κ3) is 2.83. The van der Waals surface area contributed by atoms with Crippen LogP contribution in [0.3, 0.4) is 0 Å². The van der Waals surface area contributed by atoms with Crippen molar-refractivity contribution in [2.24, 2.45) is 5.92 Å². The second kappa shape index (κ2) is 5.46. The fourth-order valence-corrected chi connectivity index (χ4v) is 2.37. The van der Waals surface area contributed by atoms with Crippen LogP contribution in [-0.2, 0) is 0 Å². The quantitative estimate of drug-likeness (QED) is 0.726. The maximum atomic E-state index is 9.85. The maximum absolute atomic E-state index is 9.85. The van der Waals surface area contributed by atoms with E-state index in [1.54, 1.807) is 6.20 Å². The van der Waals surface area contributed by atoms with E-state index in [1.165, 1.54) is 12.8 Å². The van der Waals surface area contributed by atoms with Gasteiger partial charge in [-0.05, 0) is 31.7 Å². The largest absolute Gasteiger partial charge is 0.393 e. The van der Waals surface area contributed by atoms with Gasteiger partial charge in [-0.2, -0.15) is 5.10 Å². The topological polar surface area (TPSA) is 60.9 Å². The van der Waals surface area contributed by atoms with Crippen LogP contribution in [0.25, 0.3) is 0 Å². The Morgan fingerprint density at radius 3 is 3.06 bits per heavy atom. The van der Waals surface area contributed by atoms with Crippen LogP contribution in [0.1, 0.15) is 44.3 Å². The summed E-state index contributed by atoms with van der Waals surface area (Å²) in [5.74, 6) is 0.416. The summed E-state index contributed by atoms with van der Waals surface area (Å²) in [6, 6.07) is 2.26. The fraction of sp³-hybridized carbons (Fsp3) is 0.750. The third-order valence-corrected chi connectivity index (χ3v) is 3.54. The van der Waals surface area contributed by atoms with E-state index in [0.717, 1.165) is 25.1 Å². The SMILES string of the molecule is CC(NCC1CCCCC1O)c1ccn[nH]1. The number of nitrogens with zero attached hydrogens (tertiary/aromatic N) is 1. The highest BCUT2D eigenvalue weighted by atomic mass is 16.3. The number of rotatable bonds is 4. The fourth-order valence-electron chi connectivity index (χ4n) is 2.37. The highest BCUT2D eigenvalue weighted by Gasteiger charge is 2.23. The van der Waals surface area contributed by atoms with Gasteiger partial charge in [-0.1, -0.05) is 12.8 Å². The normalized spacial score (nSPS) is 27.9. The molecule has 1 heterocycles. The van der Waals surface area contributed by atoms with E-state index >= 15 is 0 Å². The predicted octanol–water partition coefficient (Wildman–Crippen LogP) is 1.61. The number of aliphatic hydroxyl groups excluding tert-OH is 1. The molecule has 16 heavy (non-hydrogen) atoms. The molecule has 3 N–H and O–H groups in total. The Labute approximate surface area is 96.5 Å². The minimum Gasteiger partial charge on any atom is -0.393 e. The maximum Gasteiger partial charge on any atom is 0.0580 e. The van der Waals surface area contributed by atoms with E-state index < -0.39 is 0 Å². The molecule has 0 spiro atoms. The van der Waals surface area contributed by atoms with Crippen LogP contribution < -0.4 is 5.32 Å². The van der Waals surface area contributed by atoms with Crippen LogP contribution in [0.2, 0.25) is 0 Å². The van der Waals surface area contributed by atoms with Gasteiger partial charge in [0.15, 0.2) is 0 Å². The van der Waals surface area contributed by atoms with Crippen molar-refractivity contribution >= 4 is 0 Å². The second-order valence-electron chi connectivity index (χ2n) is 4.75. The van der Waals surface area contributed by atoms with Crippen LogP contribution in [0.15, 0.2) is 12.3 Å².